The van der Waals surface area contributed by atoms with Gasteiger partial charge in [-0.15, -0.1) is 0 Å². The first-order chi connectivity index (χ1) is 8.76. The van der Waals surface area contributed by atoms with E-state index in [2.05, 4.69) is 16.8 Å². The fourth-order valence-corrected chi connectivity index (χ4v) is 2.26. The van der Waals surface area contributed by atoms with Crippen molar-refractivity contribution >= 4 is 5.82 Å². The summed E-state index contributed by atoms with van der Waals surface area (Å²) < 4.78 is 5.18. The lowest BCUT2D eigenvalue weighted by atomic mass is 10.2. The van der Waals surface area contributed by atoms with Crippen LogP contribution in [0.3, 0.4) is 0 Å². The van der Waals surface area contributed by atoms with Gasteiger partial charge in [-0.25, -0.2) is 4.98 Å². The molecule has 0 amide bonds. The molecule has 18 heavy (non-hydrogen) atoms. The first kappa shape index (κ1) is 13.3. The Morgan fingerprint density at radius 3 is 2.89 bits per heavy atom. The highest BCUT2D eigenvalue weighted by Crippen LogP contribution is 2.36. The van der Waals surface area contributed by atoms with Crippen molar-refractivity contribution < 1.29 is 9.84 Å². The smallest absolute Gasteiger partial charge is 0.129 e. The van der Waals surface area contributed by atoms with Gasteiger partial charge in [0.1, 0.15) is 5.82 Å². The van der Waals surface area contributed by atoms with Crippen molar-refractivity contribution in [1.82, 2.24) is 4.98 Å². The summed E-state index contributed by atoms with van der Waals surface area (Å²) in [7, 11) is 1.72. The van der Waals surface area contributed by atoms with Crippen molar-refractivity contribution in [2.45, 2.75) is 32.4 Å². The molecule has 1 saturated carbocycles. The molecule has 2 rings (SSSR count). The molecule has 1 aliphatic carbocycles. The molecule has 0 spiro atoms. The van der Waals surface area contributed by atoms with Crippen LogP contribution in [0.1, 0.15) is 25.5 Å². The van der Waals surface area contributed by atoms with Crippen LogP contribution in [-0.2, 0) is 11.3 Å². The molecule has 1 aromatic heterocycles. The van der Waals surface area contributed by atoms with Crippen molar-refractivity contribution in [3.8, 4) is 0 Å². The average molecular weight is 250 g/mol. The molecule has 0 aromatic carbocycles. The lowest BCUT2D eigenvalue weighted by molar-refractivity contribution is 0.202. The predicted molar refractivity (Wildman–Crippen MR) is 71.6 cm³/mol. The Balaban J connectivity index is 2.14. The molecule has 0 aliphatic heterocycles. The summed E-state index contributed by atoms with van der Waals surface area (Å²) >= 11 is 0. The standard InChI is InChI=1S/C14H22N2O2/c1-11(12-6-7-12)16(8-9-18-2)14-5-3-4-13(10-17)15-14/h3-5,11-12,17H,6-10H2,1-2H3. The van der Waals surface area contributed by atoms with E-state index in [0.717, 1.165) is 24.0 Å². The Morgan fingerprint density at radius 2 is 2.28 bits per heavy atom. The van der Waals surface area contributed by atoms with E-state index in [-0.39, 0.29) is 6.61 Å². The van der Waals surface area contributed by atoms with Crippen LogP contribution in [0.15, 0.2) is 18.2 Å². The number of aliphatic hydroxyl groups is 1. The molecule has 4 heteroatoms. The van der Waals surface area contributed by atoms with E-state index in [1.54, 1.807) is 7.11 Å². The van der Waals surface area contributed by atoms with Crippen molar-refractivity contribution in [3.05, 3.63) is 23.9 Å². The zero-order chi connectivity index (χ0) is 13.0. The highest BCUT2D eigenvalue weighted by Gasteiger charge is 2.32. The number of aromatic nitrogens is 1. The minimum atomic E-state index is -0.0102. The van der Waals surface area contributed by atoms with E-state index in [4.69, 9.17) is 4.74 Å². The maximum absolute atomic E-state index is 9.17. The number of ether oxygens (including phenoxy) is 1. The van der Waals surface area contributed by atoms with Crippen molar-refractivity contribution in [2.75, 3.05) is 25.2 Å². The second-order valence-corrected chi connectivity index (χ2v) is 4.91. The van der Waals surface area contributed by atoms with Crippen LogP contribution >= 0.6 is 0 Å². The van der Waals surface area contributed by atoms with E-state index >= 15 is 0 Å². The van der Waals surface area contributed by atoms with E-state index in [1.165, 1.54) is 12.8 Å². The maximum Gasteiger partial charge on any atom is 0.129 e. The Bertz CT molecular complexity index is 380. The molecule has 0 radical (unpaired) electrons. The minimum absolute atomic E-state index is 0.0102. The van der Waals surface area contributed by atoms with Crippen LogP contribution in [0.25, 0.3) is 0 Å². The normalized spacial score (nSPS) is 16.6. The molecule has 0 saturated heterocycles. The van der Waals surface area contributed by atoms with Crippen molar-refractivity contribution in [1.29, 1.82) is 0 Å². The SMILES string of the molecule is COCCN(c1cccc(CO)n1)C(C)C1CC1. The molecule has 1 aliphatic rings. The second kappa shape index (κ2) is 6.16. The van der Waals surface area contributed by atoms with Gasteiger partial charge in [0.15, 0.2) is 0 Å². The average Bonchev–Trinajstić information content (AvgIpc) is 3.23. The first-order valence-electron chi connectivity index (χ1n) is 6.58. The van der Waals surface area contributed by atoms with Gasteiger partial charge in [-0.2, -0.15) is 0 Å². The zero-order valence-corrected chi connectivity index (χ0v) is 11.2. The van der Waals surface area contributed by atoms with E-state index < -0.39 is 0 Å². The molecule has 100 valence electrons. The molecule has 1 unspecified atom stereocenters. The fourth-order valence-electron chi connectivity index (χ4n) is 2.26. The summed E-state index contributed by atoms with van der Waals surface area (Å²) in [4.78, 5) is 6.79. The van der Waals surface area contributed by atoms with Gasteiger partial charge in [0, 0.05) is 19.7 Å². The second-order valence-electron chi connectivity index (χ2n) is 4.91. The third-order valence-corrected chi connectivity index (χ3v) is 3.58. The van der Waals surface area contributed by atoms with E-state index in [0.29, 0.717) is 12.6 Å². The summed E-state index contributed by atoms with van der Waals surface area (Å²) in [6.07, 6.45) is 2.62. The number of methoxy groups -OCH3 is 1. The number of nitrogens with zero attached hydrogens (tertiary/aromatic N) is 2. The maximum atomic E-state index is 9.17. The highest BCUT2D eigenvalue weighted by atomic mass is 16.5. The number of rotatable bonds is 7. The van der Waals surface area contributed by atoms with Gasteiger partial charge in [-0.1, -0.05) is 6.07 Å². The lowest BCUT2D eigenvalue weighted by Gasteiger charge is -2.30. The van der Waals surface area contributed by atoms with E-state index in [9.17, 15) is 5.11 Å². The van der Waals surface area contributed by atoms with Crippen molar-refractivity contribution in [2.24, 2.45) is 5.92 Å². The fraction of sp³-hybridized carbons (Fsp3) is 0.643. The molecule has 1 atom stereocenters. The Morgan fingerprint density at radius 1 is 1.50 bits per heavy atom. The summed E-state index contributed by atoms with van der Waals surface area (Å²) in [5, 5.41) is 9.17. The summed E-state index contributed by atoms with van der Waals surface area (Å²) in [6.45, 7) is 3.78. The van der Waals surface area contributed by atoms with Crippen LogP contribution < -0.4 is 4.90 Å². The number of hydrogen-bond donors (Lipinski definition) is 1. The molecule has 1 fully saturated rings. The van der Waals surface area contributed by atoms with Crippen LogP contribution in [-0.4, -0.2) is 36.4 Å². The number of aliphatic hydroxyl groups excluding tert-OH is 1. The molecule has 1 aromatic rings. The van der Waals surface area contributed by atoms with Crippen LogP contribution in [0.2, 0.25) is 0 Å². The van der Waals surface area contributed by atoms with Gasteiger partial charge in [0.05, 0.1) is 18.9 Å². The molecular weight excluding hydrogens is 228 g/mol. The Kier molecular flexibility index (Phi) is 4.55. The van der Waals surface area contributed by atoms with E-state index in [1.807, 2.05) is 18.2 Å². The van der Waals surface area contributed by atoms with Crippen molar-refractivity contribution in [3.63, 3.8) is 0 Å². The molecule has 1 heterocycles. The third-order valence-electron chi connectivity index (χ3n) is 3.58. The minimum Gasteiger partial charge on any atom is -0.390 e. The van der Waals surface area contributed by atoms with Gasteiger partial charge in [0.25, 0.3) is 0 Å². The monoisotopic (exact) mass is 250 g/mol. The largest absolute Gasteiger partial charge is 0.390 e. The molecule has 1 N–H and O–H groups in total. The van der Waals surface area contributed by atoms with Crippen LogP contribution in [0, 0.1) is 5.92 Å². The third kappa shape index (κ3) is 3.21. The topological polar surface area (TPSA) is 45.6 Å². The highest BCUT2D eigenvalue weighted by molar-refractivity contribution is 5.41. The summed E-state index contributed by atoms with van der Waals surface area (Å²) in [6, 6.07) is 6.29. The molecule has 4 nitrogen and oxygen atoms in total. The predicted octanol–water partition coefficient (Wildman–Crippen LogP) is 1.83. The Hall–Kier alpha value is -1.13. The molecule has 0 bridgehead atoms. The van der Waals surface area contributed by atoms with Gasteiger partial charge in [0.2, 0.25) is 0 Å². The quantitative estimate of drug-likeness (QED) is 0.802. The van der Waals surface area contributed by atoms with Gasteiger partial charge < -0.3 is 14.7 Å². The lowest BCUT2D eigenvalue weighted by Crippen LogP contribution is -2.38. The van der Waals surface area contributed by atoms with Crippen LogP contribution in [0.4, 0.5) is 5.82 Å². The Labute approximate surface area is 109 Å². The van der Waals surface area contributed by atoms with Crippen LogP contribution in [0.5, 0.6) is 0 Å². The number of hydrogen-bond acceptors (Lipinski definition) is 4. The zero-order valence-electron chi connectivity index (χ0n) is 11.2. The molecular formula is C14H22N2O2. The first-order valence-corrected chi connectivity index (χ1v) is 6.58. The number of pyridine rings is 1. The summed E-state index contributed by atoms with van der Waals surface area (Å²) in [5.74, 6) is 1.72. The number of anilines is 1. The van der Waals surface area contributed by atoms with Gasteiger partial charge in [-0.3, -0.25) is 0 Å². The van der Waals surface area contributed by atoms with Gasteiger partial charge in [-0.05, 0) is 37.8 Å². The van der Waals surface area contributed by atoms with Gasteiger partial charge >= 0.3 is 0 Å². The summed E-state index contributed by atoms with van der Waals surface area (Å²) in [5.41, 5.74) is 0.720.